The lowest BCUT2D eigenvalue weighted by molar-refractivity contribution is 0.669. The molecule has 0 aliphatic heterocycles. The predicted molar refractivity (Wildman–Crippen MR) is 228 cm³/mol. The molecular formula is C52H35NO. The zero-order chi connectivity index (χ0) is 35.8. The smallest absolute Gasteiger partial charge is 0.136 e. The van der Waals surface area contributed by atoms with Gasteiger partial charge in [0.2, 0.25) is 0 Å². The number of nitrogens with zero attached hydrogens (tertiary/aromatic N) is 1. The van der Waals surface area contributed by atoms with Crippen LogP contribution in [0.5, 0.6) is 0 Å². The molecule has 0 aliphatic rings. The minimum absolute atomic E-state index is 0.899. The van der Waals surface area contributed by atoms with Crippen LogP contribution >= 0.6 is 0 Å². The molecule has 54 heavy (non-hydrogen) atoms. The summed E-state index contributed by atoms with van der Waals surface area (Å²) in [6, 6.07) is 76.0. The first-order valence-electron chi connectivity index (χ1n) is 18.4. The molecule has 0 saturated carbocycles. The third-order valence-corrected chi connectivity index (χ3v) is 10.4. The lowest BCUT2D eigenvalue weighted by atomic mass is 9.96. The van der Waals surface area contributed by atoms with Gasteiger partial charge in [0.25, 0.3) is 0 Å². The lowest BCUT2D eigenvalue weighted by Gasteiger charge is -2.27. The maximum Gasteiger partial charge on any atom is 0.136 e. The van der Waals surface area contributed by atoms with E-state index >= 15 is 0 Å². The van der Waals surface area contributed by atoms with E-state index in [1.165, 1.54) is 33.0 Å². The zero-order valence-corrected chi connectivity index (χ0v) is 29.6. The summed E-state index contributed by atoms with van der Waals surface area (Å²) >= 11 is 0. The number of hydrogen-bond donors (Lipinski definition) is 0. The van der Waals surface area contributed by atoms with Crippen LogP contribution < -0.4 is 4.90 Å². The van der Waals surface area contributed by atoms with Crippen LogP contribution in [0.3, 0.4) is 0 Å². The summed E-state index contributed by atoms with van der Waals surface area (Å²) in [5, 5.41) is 4.75. The SMILES string of the molecule is c1ccc(-c2cc(-c3ccccc3)cc(N(c3ccc(-c4cccc5oc6ccccc6c45)cc3)c3cccc(-c4cccc5ccccc45)c3)c2)cc1. The summed E-state index contributed by atoms with van der Waals surface area (Å²) in [7, 11) is 0. The molecule has 2 heteroatoms. The predicted octanol–water partition coefficient (Wildman–Crippen LogP) is 14.9. The average molecular weight is 690 g/mol. The Labute approximate surface area is 314 Å². The lowest BCUT2D eigenvalue weighted by Crippen LogP contribution is -2.10. The zero-order valence-electron chi connectivity index (χ0n) is 29.6. The summed E-state index contributed by atoms with van der Waals surface area (Å²) in [6.45, 7) is 0. The molecular weight excluding hydrogens is 655 g/mol. The van der Waals surface area contributed by atoms with E-state index in [9.17, 15) is 0 Å². The van der Waals surface area contributed by atoms with Gasteiger partial charge in [-0.3, -0.25) is 0 Å². The Morgan fingerprint density at radius 2 is 0.852 bits per heavy atom. The first kappa shape index (κ1) is 31.6. The topological polar surface area (TPSA) is 16.4 Å². The van der Waals surface area contributed by atoms with Crippen LogP contribution in [0.2, 0.25) is 0 Å². The monoisotopic (exact) mass is 689 g/mol. The second-order valence-corrected chi connectivity index (χ2v) is 13.7. The Morgan fingerprint density at radius 3 is 1.61 bits per heavy atom. The number of rotatable bonds is 7. The van der Waals surface area contributed by atoms with E-state index in [-0.39, 0.29) is 0 Å². The van der Waals surface area contributed by atoms with Crippen LogP contribution in [0.1, 0.15) is 0 Å². The second kappa shape index (κ2) is 13.4. The molecule has 1 aromatic heterocycles. The number of anilines is 3. The molecule has 10 aromatic rings. The summed E-state index contributed by atoms with van der Waals surface area (Å²) in [5.41, 5.74) is 14.4. The quantitative estimate of drug-likeness (QED) is 0.166. The molecule has 2 nitrogen and oxygen atoms in total. The maximum atomic E-state index is 6.25. The largest absolute Gasteiger partial charge is 0.456 e. The van der Waals surface area contributed by atoms with Gasteiger partial charge in [0.05, 0.1) is 0 Å². The maximum absolute atomic E-state index is 6.25. The van der Waals surface area contributed by atoms with E-state index in [1.807, 2.05) is 12.1 Å². The fraction of sp³-hybridized carbons (Fsp3) is 0. The molecule has 0 atom stereocenters. The first-order chi connectivity index (χ1) is 26.8. The third kappa shape index (κ3) is 5.71. The standard InChI is InChI=1S/C52H35NO/c1-3-14-36(15-4-1)41-32-42(37-16-5-2-6-17-37)35-45(34-41)53(44-21-11-20-40(33-44)47-24-12-19-38-18-7-8-22-46(38)47)43-30-28-39(29-31-43)48-25-13-27-51-52(48)49-23-9-10-26-50(49)54-51/h1-35H. The van der Waals surface area contributed by atoms with Crippen molar-refractivity contribution in [1.82, 2.24) is 0 Å². The fourth-order valence-corrected chi connectivity index (χ4v) is 7.88. The Balaban J connectivity index is 1.17. The van der Waals surface area contributed by atoms with Gasteiger partial charge in [-0.2, -0.15) is 0 Å². The molecule has 254 valence electrons. The van der Waals surface area contributed by atoms with Crippen LogP contribution in [-0.2, 0) is 0 Å². The number of fused-ring (bicyclic) bond motifs is 4. The third-order valence-electron chi connectivity index (χ3n) is 10.4. The molecule has 0 aliphatic carbocycles. The van der Waals surface area contributed by atoms with Crippen LogP contribution in [0.15, 0.2) is 217 Å². The van der Waals surface area contributed by atoms with Gasteiger partial charge in [-0.25, -0.2) is 0 Å². The molecule has 0 spiro atoms. The van der Waals surface area contributed by atoms with Crippen molar-refractivity contribution in [1.29, 1.82) is 0 Å². The van der Waals surface area contributed by atoms with Crippen molar-refractivity contribution in [3.05, 3.63) is 212 Å². The highest BCUT2D eigenvalue weighted by molar-refractivity contribution is 6.12. The van der Waals surface area contributed by atoms with Crippen molar-refractivity contribution < 1.29 is 4.42 Å². The molecule has 10 rings (SSSR count). The van der Waals surface area contributed by atoms with Crippen molar-refractivity contribution in [3.63, 3.8) is 0 Å². The number of hydrogen-bond acceptors (Lipinski definition) is 2. The summed E-state index contributed by atoms with van der Waals surface area (Å²) in [6.07, 6.45) is 0. The average Bonchev–Trinajstić information content (AvgIpc) is 3.64. The van der Waals surface area contributed by atoms with Crippen molar-refractivity contribution in [2.45, 2.75) is 0 Å². The summed E-state index contributed by atoms with van der Waals surface area (Å²) in [5.74, 6) is 0. The van der Waals surface area contributed by atoms with E-state index in [1.54, 1.807) is 0 Å². The molecule has 0 N–H and O–H groups in total. The van der Waals surface area contributed by atoms with Gasteiger partial charge in [0.15, 0.2) is 0 Å². The molecule has 9 aromatic carbocycles. The number of furan rings is 1. The highest BCUT2D eigenvalue weighted by Crippen LogP contribution is 2.43. The van der Waals surface area contributed by atoms with Crippen LogP contribution in [0.4, 0.5) is 17.1 Å². The minimum atomic E-state index is 0.899. The molecule has 0 saturated heterocycles. The Bertz CT molecular complexity index is 2860. The number of benzene rings is 9. The van der Waals surface area contributed by atoms with Crippen molar-refractivity contribution in [2.75, 3.05) is 4.90 Å². The van der Waals surface area contributed by atoms with Crippen molar-refractivity contribution >= 4 is 49.8 Å². The normalized spacial score (nSPS) is 11.3. The van der Waals surface area contributed by atoms with Crippen LogP contribution in [-0.4, -0.2) is 0 Å². The first-order valence-corrected chi connectivity index (χ1v) is 18.4. The molecule has 1 heterocycles. The van der Waals surface area contributed by atoms with Gasteiger partial charge in [0, 0.05) is 27.8 Å². The highest BCUT2D eigenvalue weighted by atomic mass is 16.3. The van der Waals surface area contributed by atoms with E-state index < -0.39 is 0 Å². The highest BCUT2D eigenvalue weighted by Gasteiger charge is 2.18. The minimum Gasteiger partial charge on any atom is -0.456 e. The van der Waals surface area contributed by atoms with E-state index in [0.29, 0.717) is 0 Å². The van der Waals surface area contributed by atoms with Gasteiger partial charge in [-0.05, 0) is 110 Å². The molecule has 0 fully saturated rings. The summed E-state index contributed by atoms with van der Waals surface area (Å²) < 4.78 is 6.25. The van der Waals surface area contributed by atoms with E-state index in [2.05, 4.69) is 205 Å². The Hall–Kier alpha value is -7.16. The number of para-hydroxylation sites is 1. The van der Waals surface area contributed by atoms with Crippen LogP contribution in [0.25, 0.3) is 77.2 Å². The molecule has 0 bridgehead atoms. The van der Waals surface area contributed by atoms with Gasteiger partial charge >= 0.3 is 0 Å². The molecule has 0 unspecified atom stereocenters. The van der Waals surface area contributed by atoms with Gasteiger partial charge in [-0.15, -0.1) is 0 Å². The second-order valence-electron chi connectivity index (χ2n) is 13.7. The van der Waals surface area contributed by atoms with Gasteiger partial charge in [-0.1, -0.05) is 158 Å². The Kier molecular flexibility index (Phi) is 7.85. The van der Waals surface area contributed by atoms with Crippen molar-refractivity contribution in [3.8, 4) is 44.5 Å². The van der Waals surface area contributed by atoms with E-state index in [0.717, 1.165) is 61.3 Å². The Morgan fingerprint density at radius 1 is 0.296 bits per heavy atom. The van der Waals surface area contributed by atoms with E-state index in [4.69, 9.17) is 4.42 Å². The van der Waals surface area contributed by atoms with Gasteiger partial charge < -0.3 is 9.32 Å². The molecule has 0 radical (unpaired) electrons. The fourth-order valence-electron chi connectivity index (χ4n) is 7.88. The van der Waals surface area contributed by atoms with Crippen LogP contribution in [0, 0.1) is 0 Å². The van der Waals surface area contributed by atoms with Crippen molar-refractivity contribution in [2.24, 2.45) is 0 Å². The summed E-state index contributed by atoms with van der Waals surface area (Å²) in [4.78, 5) is 2.39. The molecule has 0 amide bonds. The van der Waals surface area contributed by atoms with Gasteiger partial charge in [0.1, 0.15) is 11.2 Å².